The van der Waals surface area contributed by atoms with Crippen LogP contribution in [0.25, 0.3) is 0 Å². The molecule has 0 aliphatic carbocycles. The fourth-order valence-electron chi connectivity index (χ4n) is 4.02. The molecule has 0 spiro atoms. The molecule has 0 fully saturated rings. The Bertz CT molecular complexity index is 429. The van der Waals surface area contributed by atoms with Gasteiger partial charge in [0.15, 0.2) is 0 Å². The molecule has 0 aliphatic heterocycles. The highest BCUT2D eigenvalue weighted by Crippen LogP contribution is 2.19. The molecule has 1 aromatic carbocycles. The van der Waals surface area contributed by atoms with Crippen LogP contribution in [0.5, 0.6) is 0 Å². The maximum absolute atomic E-state index is 2.33. The quantitative estimate of drug-likeness (QED) is 0.202. The van der Waals surface area contributed by atoms with Gasteiger partial charge in [0, 0.05) is 0 Å². The molecule has 1 rings (SSSR count). The lowest BCUT2D eigenvalue weighted by molar-refractivity contribution is -0.00000604. The molecule has 28 heavy (non-hydrogen) atoms. The summed E-state index contributed by atoms with van der Waals surface area (Å²) in [4.78, 5) is 0. The average Bonchev–Trinajstić information content (AvgIpc) is 2.68. The number of hydrogen-bond donors (Lipinski definition) is 0. The third kappa shape index (κ3) is 14.6. The van der Waals surface area contributed by atoms with Crippen molar-refractivity contribution < 1.29 is 17.0 Å². The minimum absolute atomic E-state index is 0. The molecule has 0 aliphatic rings. The van der Waals surface area contributed by atoms with E-state index in [9.17, 15) is 0 Å². The molecular weight excluding hydrogens is 406 g/mol. The summed E-state index contributed by atoms with van der Waals surface area (Å²) in [5, 5.41) is 0. The Balaban J connectivity index is 0.00000729. The summed E-state index contributed by atoms with van der Waals surface area (Å²) in [7, 11) is 4.67. The predicted octanol–water partition coefficient (Wildman–Crippen LogP) is 5.52. The third-order valence-corrected chi connectivity index (χ3v) is 6.03. The van der Waals surface area contributed by atoms with E-state index in [1.165, 1.54) is 115 Å². The van der Waals surface area contributed by atoms with Gasteiger partial charge in [0.1, 0.15) is 5.69 Å². The van der Waals surface area contributed by atoms with Crippen LogP contribution in [0.15, 0.2) is 30.3 Å². The van der Waals surface area contributed by atoms with E-state index in [1.807, 2.05) is 0 Å². The van der Waals surface area contributed by atoms with Crippen molar-refractivity contribution >= 4 is 5.69 Å². The monoisotopic (exact) mass is 453 g/mol. The van der Waals surface area contributed by atoms with Crippen LogP contribution in [0.1, 0.15) is 110 Å². The van der Waals surface area contributed by atoms with Gasteiger partial charge in [-0.2, -0.15) is 0 Å². The maximum Gasteiger partial charge on any atom is 0.132 e. The van der Waals surface area contributed by atoms with Crippen LogP contribution in [-0.2, 0) is 0 Å². The van der Waals surface area contributed by atoms with Crippen molar-refractivity contribution in [2.75, 3.05) is 20.6 Å². The fraction of sp³-hybridized carbons (Fsp3) is 0.769. The lowest BCUT2D eigenvalue weighted by Gasteiger charge is -2.29. The van der Waals surface area contributed by atoms with Gasteiger partial charge in [-0.05, 0) is 25.0 Å². The number of para-hydroxylation sites is 1. The van der Waals surface area contributed by atoms with E-state index >= 15 is 0 Å². The SMILES string of the molecule is CCCCCCCCCCCCCCCCCC[N+](C)(C)c1ccccc1.[Br-]. The number of quaternary nitrogens is 1. The van der Waals surface area contributed by atoms with Gasteiger partial charge >= 0.3 is 0 Å². The first-order chi connectivity index (χ1) is 13.2. The van der Waals surface area contributed by atoms with Crippen LogP contribution < -0.4 is 21.5 Å². The van der Waals surface area contributed by atoms with Crippen molar-refractivity contribution in [3.05, 3.63) is 30.3 Å². The molecular formula is C26H48BrN. The topological polar surface area (TPSA) is 0 Å². The van der Waals surface area contributed by atoms with Gasteiger partial charge in [0.2, 0.25) is 0 Å². The van der Waals surface area contributed by atoms with Crippen molar-refractivity contribution in [1.82, 2.24) is 4.48 Å². The van der Waals surface area contributed by atoms with Crippen LogP contribution in [0.4, 0.5) is 5.69 Å². The molecule has 0 amide bonds. The number of unbranched alkanes of at least 4 members (excludes halogenated alkanes) is 15. The van der Waals surface area contributed by atoms with Crippen LogP contribution >= 0.6 is 0 Å². The molecule has 0 radical (unpaired) electrons. The summed E-state index contributed by atoms with van der Waals surface area (Å²) < 4.78 is 1.01. The maximum atomic E-state index is 2.33. The van der Waals surface area contributed by atoms with Gasteiger partial charge < -0.3 is 17.0 Å². The standard InChI is InChI=1S/C26H48N.BrH/c1-4-5-6-7-8-9-10-11-12-13-14-15-16-17-18-22-25-27(2,3)26-23-20-19-21-24-26;/h19-21,23-24H,4-18,22,25H2,1-3H3;1H/q+1;/p-1. The van der Waals surface area contributed by atoms with E-state index in [-0.39, 0.29) is 17.0 Å². The lowest BCUT2D eigenvalue weighted by atomic mass is 10.0. The Morgan fingerprint density at radius 1 is 0.536 bits per heavy atom. The zero-order valence-electron chi connectivity index (χ0n) is 19.2. The molecule has 1 aromatic rings. The van der Waals surface area contributed by atoms with Gasteiger partial charge in [-0.1, -0.05) is 115 Å². The van der Waals surface area contributed by atoms with Gasteiger partial charge in [0.05, 0.1) is 20.6 Å². The molecule has 0 saturated heterocycles. The minimum atomic E-state index is 0. The zero-order valence-corrected chi connectivity index (χ0v) is 20.8. The second kappa shape index (κ2) is 18.7. The van der Waals surface area contributed by atoms with Crippen molar-refractivity contribution in [2.45, 2.75) is 110 Å². The Morgan fingerprint density at radius 3 is 1.29 bits per heavy atom. The predicted molar refractivity (Wildman–Crippen MR) is 124 cm³/mol. The van der Waals surface area contributed by atoms with Crippen LogP contribution in [-0.4, -0.2) is 20.6 Å². The minimum Gasteiger partial charge on any atom is -1.00 e. The van der Waals surface area contributed by atoms with Crippen molar-refractivity contribution in [3.63, 3.8) is 0 Å². The zero-order chi connectivity index (χ0) is 19.6. The van der Waals surface area contributed by atoms with Gasteiger partial charge in [-0.15, -0.1) is 0 Å². The number of halogens is 1. The Morgan fingerprint density at radius 2 is 0.893 bits per heavy atom. The van der Waals surface area contributed by atoms with E-state index in [0.717, 1.165) is 4.48 Å². The van der Waals surface area contributed by atoms with Gasteiger partial charge in [-0.3, -0.25) is 4.48 Å². The Hall–Kier alpha value is -0.340. The highest BCUT2D eigenvalue weighted by molar-refractivity contribution is 5.40. The summed E-state index contributed by atoms with van der Waals surface area (Å²) in [6.45, 7) is 3.55. The molecule has 0 unspecified atom stereocenters. The van der Waals surface area contributed by atoms with E-state index in [2.05, 4.69) is 51.4 Å². The Labute approximate surface area is 187 Å². The summed E-state index contributed by atoms with van der Waals surface area (Å²) in [5.74, 6) is 0. The average molecular weight is 455 g/mol. The Kier molecular flexibility index (Phi) is 18.4. The van der Waals surface area contributed by atoms with E-state index in [4.69, 9.17) is 0 Å². The molecule has 0 bridgehead atoms. The number of hydrogen-bond acceptors (Lipinski definition) is 0. The van der Waals surface area contributed by atoms with E-state index in [0.29, 0.717) is 0 Å². The molecule has 0 aromatic heterocycles. The van der Waals surface area contributed by atoms with Gasteiger partial charge in [0.25, 0.3) is 0 Å². The van der Waals surface area contributed by atoms with Crippen LogP contribution in [0.3, 0.4) is 0 Å². The number of nitrogens with zero attached hydrogens (tertiary/aromatic N) is 1. The lowest BCUT2D eigenvalue weighted by Crippen LogP contribution is -3.00. The van der Waals surface area contributed by atoms with Crippen LogP contribution in [0, 0.1) is 0 Å². The third-order valence-electron chi connectivity index (χ3n) is 6.03. The first-order valence-electron chi connectivity index (χ1n) is 12.1. The van der Waals surface area contributed by atoms with E-state index < -0.39 is 0 Å². The first-order valence-corrected chi connectivity index (χ1v) is 12.1. The summed E-state index contributed by atoms with van der Waals surface area (Å²) in [5.41, 5.74) is 1.43. The largest absolute Gasteiger partial charge is 1.00 e. The summed E-state index contributed by atoms with van der Waals surface area (Å²) in [6, 6.07) is 10.9. The van der Waals surface area contributed by atoms with Crippen molar-refractivity contribution in [3.8, 4) is 0 Å². The number of rotatable bonds is 18. The molecule has 0 N–H and O–H groups in total. The summed E-state index contributed by atoms with van der Waals surface area (Å²) in [6.07, 6.45) is 23.1. The molecule has 1 nitrogen and oxygen atoms in total. The second-order valence-corrected chi connectivity index (χ2v) is 9.05. The van der Waals surface area contributed by atoms with Crippen LogP contribution in [0.2, 0.25) is 0 Å². The van der Waals surface area contributed by atoms with Crippen molar-refractivity contribution in [1.29, 1.82) is 0 Å². The highest BCUT2D eigenvalue weighted by atomic mass is 79.9. The first kappa shape index (κ1) is 27.7. The molecule has 164 valence electrons. The normalized spacial score (nSPS) is 11.4. The molecule has 0 heterocycles. The smallest absolute Gasteiger partial charge is 0.132 e. The van der Waals surface area contributed by atoms with E-state index in [1.54, 1.807) is 0 Å². The fourth-order valence-corrected chi connectivity index (χ4v) is 4.02. The second-order valence-electron chi connectivity index (χ2n) is 9.05. The molecule has 0 saturated carbocycles. The van der Waals surface area contributed by atoms with Crippen molar-refractivity contribution in [2.24, 2.45) is 0 Å². The van der Waals surface area contributed by atoms with Gasteiger partial charge in [-0.25, -0.2) is 0 Å². The summed E-state index contributed by atoms with van der Waals surface area (Å²) >= 11 is 0. The number of benzene rings is 1. The molecule has 2 heteroatoms. The molecule has 0 atom stereocenters. The highest BCUT2D eigenvalue weighted by Gasteiger charge is 2.17.